The van der Waals surface area contributed by atoms with E-state index in [0.29, 0.717) is 32.4 Å². The van der Waals surface area contributed by atoms with Crippen molar-refractivity contribution in [2.75, 3.05) is 0 Å². The summed E-state index contributed by atoms with van der Waals surface area (Å²) in [6.45, 7) is 5.85. The summed E-state index contributed by atoms with van der Waals surface area (Å²) in [5.74, 6) is -2.29. The molecule has 8 nitrogen and oxygen atoms in total. The molecular formula is C25H30Br2N2O6. The Kier molecular flexibility index (Phi) is 10.6. The highest BCUT2D eigenvalue weighted by Crippen LogP contribution is 2.39. The number of halogens is 2. The lowest BCUT2D eigenvalue weighted by Crippen LogP contribution is -2.50. The van der Waals surface area contributed by atoms with E-state index < -0.39 is 29.7 Å². The SMILES string of the molecule is CCCCC(C(N)=O)[C@H](NC(=O)Cc1cc(Br)c(Oc2ccc(O)c(C(C)C)c2)c(Br)c1)C(=O)O. The Morgan fingerprint density at radius 2 is 1.74 bits per heavy atom. The number of benzene rings is 2. The van der Waals surface area contributed by atoms with Gasteiger partial charge in [0.2, 0.25) is 11.8 Å². The van der Waals surface area contributed by atoms with Crippen molar-refractivity contribution in [1.82, 2.24) is 5.32 Å². The molecule has 5 N–H and O–H groups in total. The number of phenols is 1. The second-order valence-electron chi connectivity index (χ2n) is 8.58. The normalized spacial score (nSPS) is 12.7. The van der Waals surface area contributed by atoms with Gasteiger partial charge in [-0.2, -0.15) is 0 Å². The Morgan fingerprint density at radius 1 is 1.11 bits per heavy atom. The lowest BCUT2D eigenvalue weighted by atomic mass is 9.92. The zero-order chi connectivity index (χ0) is 26.3. The van der Waals surface area contributed by atoms with Gasteiger partial charge in [-0.1, -0.05) is 33.6 Å². The average molecular weight is 614 g/mol. The number of amides is 2. The molecule has 190 valence electrons. The van der Waals surface area contributed by atoms with Crippen LogP contribution in [0.15, 0.2) is 39.3 Å². The number of phenolic OH excluding ortho intramolecular Hbond substituents is 1. The summed E-state index contributed by atoms with van der Waals surface area (Å²) in [6.07, 6.45) is 1.55. The van der Waals surface area contributed by atoms with Crippen molar-refractivity contribution in [2.24, 2.45) is 11.7 Å². The molecule has 0 saturated heterocycles. The molecule has 1 unspecified atom stereocenters. The van der Waals surface area contributed by atoms with Crippen LogP contribution < -0.4 is 15.8 Å². The molecule has 0 bridgehead atoms. The molecule has 0 aromatic heterocycles. The van der Waals surface area contributed by atoms with Gasteiger partial charge in [0, 0.05) is 5.56 Å². The topological polar surface area (TPSA) is 139 Å². The first-order valence-electron chi connectivity index (χ1n) is 11.2. The van der Waals surface area contributed by atoms with Crippen molar-refractivity contribution in [3.63, 3.8) is 0 Å². The number of carboxylic acid groups (broad SMARTS) is 1. The molecule has 0 heterocycles. The van der Waals surface area contributed by atoms with Gasteiger partial charge in [-0.25, -0.2) is 4.79 Å². The lowest BCUT2D eigenvalue weighted by molar-refractivity contribution is -0.145. The highest BCUT2D eigenvalue weighted by molar-refractivity contribution is 9.11. The number of nitrogens with one attached hydrogen (secondary N) is 1. The van der Waals surface area contributed by atoms with E-state index in [9.17, 15) is 24.6 Å². The first kappa shape index (κ1) is 28.6. The van der Waals surface area contributed by atoms with E-state index in [4.69, 9.17) is 10.5 Å². The monoisotopic (exact) mass is 612 g/mol. The Balaban J connectivity index is 2.18. The van der Waals surface area contributed by atoms with Crippen LogP contribution in [0.1, 0.15) is 57.1 Å². The Bertz CT molecular complexity index is 1070. The predicted octanol–water partition coefficient (Wildman–Crippen LogP) is 5.24. The van der Waals surface area contributed by atoms with Gasteiger partial charge in [-0.15, -0.1) is 0 Å². The number of hydrogen-bond donors (Lipinski definition) is 4. The number of nitrogens with two attached hydrogens (primary N) is 1. The quantitative estimate of drug-likeness (QED) is 0.258. The van der Waals surface area contributed by atoms with Crippen LogP contribution in [0, 0.1) is 5.92 Å². The van der Waals surface area contributed by atoms with Crippen LogP contribution in [0.3, 0.4) is 0 Å². The van der Waals surface area contributed by atoms with Gasteiger partial charge in [0.25, 0.3) is 0 Å². The van der Waals surface area contributed by atoms with Gasteiger partial charge < -0.3 is 26.0 Å². The van der Waals surface area contributed by atoms with Gasteiger partial charge >= 0.3 is 5.97 Å². The summed E-state index contributed by atoms with van der Waals surface area (Å²) in [5, 5.41) is 22.0. The third kappa shape index (κ3) is 7.96. The van der Waals surface area contributed by atoms with Gasteiger partial charge in [-0.05, 0) is 80.1 Å². The van der Waals surface area contributed by atoms with Crippen molar-refractivity contribution in [3.05, 3.63) is 50.4 Å². The number of unbranched alkanes of at least 4 members (excludes halogenated alkanes) is 1. The Morgan fingerprint density at radius 3 is 2.26 bits per heavy atom. The summed E-state index contributed by atoms with van der Waals surface area (Å²) < 4.78 is 7.14. The number of carbonyl (C=O) groups is 3. The van der Waals surface area contributed by atoms with E-state index in [0.717, 1.165) is 12.0 Å². The van der Waals surface area contributed by atoms with Crippen LogP contribution in [-0.4, -0.2) is 34.0 Å². The van der Waals surface area contributed by atoms with Crippen molar-refractivity contribution in [2.45, 2.75) is 58.4 Å². The maximum Gasteiger partial charge on any atom is 0.327 e. The fourth-order valence-electron chi connectivity index (χ4n) is 3.63. The number of aromatic hydroxyl groups is 1. The summed E-state index contributed by atoms with van der Waals surface area (Å²) in [4.78, 5) is 36.2. The Labute approximate surface area is 221 Å². The second-order valence-corrected chi connectivity index (χ2v) is 10.3. The number of ether oxygens (including phenoxy) is 1. The molecule has 0 fully saturated rings. The fraction of sp³-hybridized carbons (Fsp3) is 0.400. The molecular weight excluding hydrogens is 584 g/mol. The van der Waals surface area contributed by atoms with Gasteiger partial charge in [0.15, 0.2) is 5.75 Å². The molecule has 0 aliphatic rings. The van der Waals surface area contributed by atoms with Gasteiger partial charge in [0.05, 0.1) is 21.3 Å². The molecule has 0 aliphatic heterocycles. The van der Waals surface area contributed by atoms with E-state index in [1.165, 1.54) is 0 Å². The predicted molar refractivity (Wildman–Crippen MR) is 140 cm³/mol. The maximum atomic E-state index is 12.6. The van der Waals surface area contributed by atoms with Crippen molar-refractivity contribution in [1.29, 1.82) is 0 Å². The van der Waals surface area contributed by atoms with Crippen LogP contribution >= 0.6 is 31.9 Å². The molecule has 0 aliphatic carbocycles. The molecule has 2 aromatic rings. The molecule has 2 amide bonds. The molecule has 0 radical (unpaired) electrons. The van der Waals surface area contributed by atoms with E-state index in [2.05, 4.69) is 37.2 Å². The smallest absolute Gasteiger partial charge is 0.327 e. The zero-order valence-corrected chi connectivity index (χ0v) is 23.0. The number of aliphatic carboxylic acids is 1. The lowest BCUT2D eigenvalue weighted by Gasteiger charge is -2.22. The third-order valence-corrected chi connectivity index (χ3v) is 6.66. The molecule has 0 spiro atoms. The van der Waals surface area contributed by atoms with Crippen LogP contribution in [0.25, 0.3) is 0 Å². The maximum absolute atomic E-state index is 12.6. The van der Waals surface area contributed by atoms with Crippen LogP contribution in [0.5, 0.6) is 17.2 Å². The summed E-state index contributed by atoms with van der Waals surface area (Å²) in [7, 11) is 0. The van der Waals surface area contributed by atoms with Gasteiger partial charge in [-0.3, -0.25) is 9.59 Å². The van der Waals surface area contributed by atoms with Gasteiger partial charge in [0.1, 0.15) is 17.5 Å². The molecule has 10 heteroatoms. The van der Waals surface area contributed by atoms with E-state index in [-0.39, 0.29) is 24.5 Å². The van der Waals surface area contributed by atoms with E-state index in [1.807, 2.05) is 20.8 Å². The minimum absolute atomic E-state index is 0.108. The number of carbonyl (C=O) groups excluding carboxylic acids is 2. The van der Waals surface area contributed by atoms with Crippen LogP contribution in [-0.2, 0) is 20.8 Å². The highest BCUT2D eigenvalue weighted by Gasteiger charge is 2.33. The minimum atomic E-state index is -1.40. The largest absolute Gasteiger partial charge is 0.508 e. The van der Waals surface area contributed by atoms with Crippen LogP contribution in [0.2, 0.25) is 0 Å². The summed E-state index contributed by atoms with van der Waals surface area (Å²) in [6, 6.07) is 6.99. The number of rotatable bonds is 12. The summed E-state index contributed by atoms with van der Waals surface area (Å²) in [5.41, 5.74) is 6.75. The standard InChI is InChI=1S/C25H30Br2N2O6/c1-4-5-6-16(24(28)32)22(25(33)34)29-21(31)11-14-9-18(26)23(19(27)10-14)35-15-7-8-20(30)17(12-15)13(2)3/h7-10,12-13,16,22,30H,4-6,11H2,1-3H3,(H2,28,32)(H,29,31)(H,33,34)/t16?,22-/m0/s1. The number of hydrogen-bond acceptors (Lipinski definition) is 5. The fourth-order valence-corrected chi connectivity index (χ4v) is 5.07. The number of carboxylic acids is 1. The first-order chi connectivity index (χ1) is 16.4. The molecule has 35 heavy (non-hydrogen) atoms. The molecule has 2 aromatic carbocycles. The van der Waals surface area contributed by atoms with Crippen molar-refractivity contribution >= 4 is 49.6 Å². The van der Waals surface area contributed by atoms with E-state index >= 15 is 0 Å². The molecule has 0 saturated carbocycles. The minimum Gasteiger partial charge on any atom is -0.508 e. The first-order valence-corrected chi connectivity index (χ1v) is 12.8. The average Bonchev–Trinajstić information content (AvgIpc) is 2.76. The van der Waals surface area contributed by atoms with Crippen LogP contribution in [0.4, 0.5) is 0 Å². The highest BCUT2D eigenvalue weighted by atomic mass is 79.9. The third-order valence-electron chi connectivity index (χ3n) is 5.48. The van der Waals surface area contributed by atoms with E-state index in [1.54, 1.807) is 30.3 Å². The Hall–Kier alpha value is -2.59. The van der Waals surface area contributed by atoms with Crippen molar-refractivity contribution < 1.29 is 29.3 Å². The molecule has 2 rings (SSSR count). The zero-order valence-electron chi connectivity index (χ0n) is 19.8. The molecule has 2 atom stereocenters. The van der Waals surface area contributed by atoms with Crippen molar-refractivity contribution in [3.8, 4) is 17.2 Å². The number of primary amides is 1. The second kappa shape index (κ2) is 12.9. The summed E-state index contributed by atoms with van der Waals surface area (Å²) >= 11 is 6.92.